The molecule has 0 radical (unpaired) electrons. The zero-order chi connectivity index (χ0) is 14.8. The highest BCUT2D eigenvalue weighted by Gasteiger charge is 2.22. The number of ether oxygens (including phenoxy) is 1. The minimum absolute atomic E-state index is 0.338. The highest BCUT2D eigenvalue weighted by atomic mass is 16.5. The number of rotatable bonds is 3. The van der Waals surface area contributed by atoms with E-state index in [4.69, 9.17) is 9.26 Å². The summed E-state index contributed by atoms with van der Waals surface area (Å²) in [4.78, 5) is 4.63. The van der Waals surface area contributed by atoms with E-state index in [0.717, 1.165) is 43.1 Å². The van der Waals surface area contributed by atoms with Crippen LogP contribution >= 0.6 is 0 Å². The fraction of sp³-hybridized carbons (Fsp3) is 0.294. The molecule has 0 amide bonds. The van der Waals surface area contributed by atoms with Crippen LogP contribution in [0.3, 0.4) is 0 Å². The zero-order valence-corrected chi connectivity index (χ0v) is 12.2. The van der Waals surface area contributed by atoms with E-state index < -0.39 is 0 Å². The molecule has 0 aliphatic carbocycles. The van der Waals surface area contributed by atoms with Gasteiger partial charge in [0.15, 0.2) is 5.82 Å². The van der Waals surface area contributed by atoms with Crippen molar-refractivity contribution < 1.29 is 9.26 Å². The van der Waals surface area contributed by atoms with E-state index in [0.29, 0.717) is 11.8 Å². The monoisotopic (exact) mass is 295 g/mol. The topological polar surface area (TPSA) is 53.1 Å². The van der Waals surface area contributed by atoms with Crippen molar-refractivity contribution in [2.75, 3.05) is 13.2 Å². The van der Waals surface area contributed by atoms with Crippen molar-refractivity contribution in [3.63, 3.8) is 0 Å². The molecule has 0 N–H and O–H groups in total. The Bertz CT molecular complexity index is 743. The molecule has 0 unspecified atom stereocenters. The summed E-state index contributed by atoms with van der Waals surface area (Å²) in [5.41, 5.74) is 1.99. The Kier molecular flexibility index (Phi) is 3.48. The van der Waals surface area contributed by atoms with Crippen molar-refractivity contribution in [1.29, 1.82) is 0 Å². The Morgan fingerprint density at radius 1 is 1.00 bits per heavy atom. The standard InChI is InChI=1S/C17H17N3O2/c1-2-6-15(20-9-3-4-10-20)14(5-1)17-18-16(19-22-17)13-7-11-21-12-8-13/h1-6,9-10,13H,7-8,11-12H2. The molecule has 1 fully saturated rings. The Labute approximate surface area is 128 Å². The van der Waals surface area contributed by atoms with Gasteiger partial charge in [-0.25, -0.2) is 0 Å². The lowest BCUT2D eigenvalue weighted by Crippen LogP contribution is -2.15. The van der Waals surface area contributed by atoms with Crippen LogP contribution in [0.25, 0.3) is 17.1 Å². The minimum Gasteiger partial charge on any atom is -0.381 e. The highest BCUT2D eigenvalue weighted by Crippen LogP contribution is 2.29. The molecule has 1 aliphatic rings. The smallest absolute Gasteiger partial charge is 0.260 e. The molecule has 1 aliphatic heterocycles. The maximum Gasteiger partial charge on any atom is 0.260 e. The molecule has 0 saturated carbocycles. The van der Waals surface area contributed by atoms with Crippen LogP contribution in [0, 0.1) is 0 Å². The van der Waals surface area contributed by atoms with Crippen molar-refractivity contribution in [3.8, 4) is 17.1 Å². The molecular formula is C17H17N3O2. The van der Waals surface area contributed by atoms with Crippen LogP contribution in [-0.4, -0.2) is 27.9 Å². The molecule has 2 aromatic heterocycles. The van der Waals surface area contributed by atoms with Gasteiger partial charge in [0.2, 0.25) is 0 Å². The lowest BCUT2D eigenvalue weighted by molar-refractivity contribution is 0.0830. The average molecular weight is 295 g/mol. The van der Waals surface area contributed by atoms with Crippen molar-refractivity contribution in [3.05, 3.63) is 54.6 Å². The predicted octanol–water partition coefficient (Wildman–Crippen LogP) is 3.42. The second-order valence-corrected chi connectivity index (χ2v) is 5.45. The van der Waals surface area contributed by atoms with Crippen molar-refractivity contribution >= 4 is 0 Å². The maximum atomic E-state index is 5.53. The lowest BCUT2D eigenvalue weighted by atomic mass is 10.00. The van der Waals surface area contributed by atoms with E-state index in [1.807, 2.05) is 53.4 Å². The summed E-state index contributed by atoms with van der Waals surface area (Å²) in [6, 6.07) is 12.1. The minimum atomic E-state index is 0.338. The van der Waals surface area contributed by atoms with E-state index in [-0.39, 0.29) is 0 Å². The van der Waals surface area contributed by atoms with Gasteiger partial charge in [-0.05, 0) is 37.1 Å². The molecular weight excluding hydrogens is 278 g/mol. The van der Waals surface area contributed by atoms with E-state index >= 15 is 0 Å². The van der Waals surface area contributed by atoms with Crippen LogP contribution in [0.2, 0.25) is 0 Å². The summed E-state index contributed by atoms with van der Waals surface area (Å²) in [6.07, 6.45) is 5.93. The Hall–Kier alpha value is -2.40. The Balaban J connectivity index is 1.69. The van der Waals surface area contributed by atoms with Gasteiger partial charge in [0.25, 0.3) is 5.89 Å². The number of nitrogens with zero attached hydrogens (tertiary/aromatic N) is 3. The van der Waals surface area contributed by atoms with Crippen molar-refractivity contribution in [1.82, 2.24) is 14.7 Å². The summed E-state index contributed by atoms with van der Waals surface area (Å²) < 4.78 is 13.0. The summed E-state index contributed by atoms with van der Waals surface area (Å²) in [5.74, 6) is 1.70. The average Bonchev–Trinajstić information content (AvgIpc) is 3.28. The lowest BCUT2D eigenvalue weighted by Gasteiger charge is -2.18. The molecule has 5 nitrogen and oxygen atoms in total. The molecule has 5 heteroatoms. The second kappa shape index (κ2) is 5.77. The van der Waals surface area contributed by atoms with Crippen LogP contribution < -0.4 is 0 Å². The Morgan fingerprint density at radius 3 is 2.59 bits per heavy atom. The molecule has 112 valence electrons. The van der Waals surface area contributed by atoms with Crippen LogP contribution in [0.1, 0.15) is 24.6 Å². The third-order valence-corrected chi connectivity index (χ3v) is 4.05. The first kappa shape index (κ1) is 13.3. The first-order valence-electron chi connectivity index (χ1n) is 7.56. The number of benzene rings is 1. The second-order valence-electron chi connectivity index (χ2n) is 5.45. The molecule has 0 spiro atoms. The number of aromatic nitrogens is 3. The van der Waals surface area contributed by atoms with Gasteiger partial charge < -0.3 is 13.8 Å². The third kappa shape index (κ3) is 2.44. The predicted molar refractivity (Wildman–Crippen MR) is 81.9 cm³/mol. The van der Waals surface area contributed by atoms with E-state index in [2.05, 4.69) is 10.1 Å². The van der Waals surface area contributed by atoms with Gasteiger partial charge in [-0.1, -0.05) is 17.3 Å². The van der Waals surface area contributed by atoms with Crippen LogP contribution in [0.4, 0.5) is 0 Å². The number of hydrogen-bond acceptors (Lipinski definition) is 4. The zero-order valence-electron chi connectivity index (χ0n) is 12.2. The summed E-state index contributed by atoms with van der Waals surface area (Å²) in [6.45, 7) is 1.54. The molecule has 1 aromatic carbocycles. The summed E-state index contributed by atoms with van der Waals surface area (Å²) >= 11 is 0. The first-order valence-corrected chi connectivity index (χ1v) is 7.56. The normalized spacial score (nSPS) is 16.0. The van der Waals surface area contributed by atoms with Gasteiger partial charge in [0, 0.05) is 31.5 Å². The van der Waals surface area contributed by atoms with Crippen molar-refractivity contribution in [2.45, 2.75) is 18.8 Å². The molecule has 0 atom stereocenters. The SMILES string of the molecule is c1ccc(-n2cccc2)c(-c2nc(C3CCOCC3)no2)c1. The van der Waals surface area contributed by atoms with Gasteiger partial charge in [-0.2, -0.15) is 4.98 Å². The molecule has 1 saturated heterocycles. The van der Waals surface area contributed by atoms with Crippen LogP contribution in [0.5, 0.6) is 0 Å². The van der Waals surface area contributed by atoms with Gasteiger partial charge >= 0.3 is 0 Å². The number of para-hydroxylation sites is 1. The summed E-state index contributed by atoms with van der Waals surface area (Å²) in [7, 11) is 0. The van der Waals surface area contributed by atoms with Crippen LogP contribution in [-0.2, 0) is 4.74 Å². The molecule has 3 heterocycles. The molecule has 3 aromatic rings. The van der Waals surface area contributed by atoms with Crippen molar-refractivity contribution in [2.24, 2.45) is 0 Å². The third-order valence-electron chi connectivity index (χ3n) is 4.05. The molecule has 0 bridgehead atoms. The first-order chi connectivity index (χ1) is 10.9. The molecule has 22 heavy (non-hydrogen) atoms. The maximum absolute atomic E-state index is 5.53. The highest BCUT2D eigenvalue weighted by molar-refractivity contribution is 5.66. The molecule has 4 rings (SSSR count). The fourth-order valence-corrected chi connectivity index (χ4v) is 2.84. The number of hydrogen-bond donors (Lipinski definition) is 0. The van der Waals surface area contributed by atoms with Gasteiger partial charge in [-0.3, -0.25) is 0 Å². The summed E-state index contributed by atoms with van der Waals surface area (Å²) in [5, 5.41) is 4.19. The van der Waals surface area contributed by atoms with E-state index in [9.17, 15) is 0 Å². The van der Waals surface area contributed by atoms with E-state index in [1.54, 1.807) is 0 Å². The van der Waals surface area contributed by atoms with Gasteiger partial charge in [-0.15, -0.1) is 0 Å². The van der Waals surface area contributed by atoms with Gasteiger partial charge in [0.1, 0.15) is 0 Å². The largest absolute Gasteiger partial charge is 0.381 e. The Morgan fingerprint density at radius 2 is 1.77 bits per heavy atom. The van der Waals surface area contributed by atoms with Crippen LogP contribution in [0.15, 0.2) is 53.3 Å². The van der Waals surface area contributed by atoms with Gasteiger partial charge in [0.05, 0.1) is 11.3 Å². The van der Waals surface area contributed by atoms with E-state index in [1.165, 1.54) is 0 Å². The fourth-order valence-electron chi connectivity index (χ4n) is 2.84. The quantitative estimate of drug-likeness (QED) is 0.743.